The Bertz CT molecular complexity index is 499. The molecule has 1 aromatic heterocycles. The molecule has 0 saturated heterocycles. The number of halogens is 7. The summed E-state index contributed by atoms with van der Waals surface area (Å²) < 4.78 is 90.0. The van der Waals surface area contributed by atoms with Crippen LogP contribution in [0, 0.1) is 23.0 Å². The van der Waals surface area contributed by atoms with Crippen LogP contribution in [0.3, 0.4) is 0 Å². The molecule has 2 nitrogen and oxygen atoms in total. The standard InChI is InChI=1S/C10H5F7N2/c1-9(13,14)7-5(11)4(2-3-18)6(12)8(19-7)10(15,16)17/h2H2,1H3. The van der Waals surface area contributed by atoms with Gasteiger partial charge in [-0.2, -0.15) is 27.2 Å². The van der Waals surface area contributed by atoms with Gasteiger partial charge in [-0.25, -0.2) is 13.8 Å². The van der Waals surface area contributed by atoms with Gasteiger partial charge in [0.05, 0.1) is 12.5 Å². The SMILES string of the molecule is CC(F)(F)c1nc(C(F)(F)F)c(F)c(CC#N)c1F. The third-order valence-electron chi connectivity index (χ3n) is 2.11. The van der Waals surface area contributed by atoms with Gasteiger partial charge in [0, 0.05) is 12.5 Å². The van der Waals surface area contributed by atoms with Crippen LogP contribution in [-0.2, 0) is 18.5 Å². The van der Waals surface area contributed by atoms with Gasteiger partial charge in [0.15, 0.2) is 17.3 Å². The van der Waals surface area contributed by atoms with Crippen LogP contribution >= 0.6 is 0 Å². The highest BCUT2D eigenvalue weighted by molar-refractivity contribution is 5.31. The maximum Gasteiger partial charge on any atom is 0.436 e. The van der Waals surface area contributed by atoms with Crippen LogP contribution in [0.2, 0.25) is 0 Å². The molecule has 0 aliphatic carbocycles. The van der Waals surface area contributed by atoms with E-state index in [1.54, 1.807) is 0 Å². The summed E-state index contributed by atoms with van der Waals surface area (Å²) >= 11 is 0. The molecule has 1 rings (SSSR count). The van der Waals surface area contributed by atoms with Crippen molar-refractivity contribution >= 4 is 0 Å². The van der Waals surface area contributed by atoms with E-state index in [4.69, 9.17) is 5.26 Å². The predicted molar refractivity (Wildman–Crippen MR) is 48.0 cm³/mol. The molecule has 0 aliphatic rings. The minimum Gasteiger partial charge on any atom is -0.236 e. The molecule has 104 valence electrons. The van der Waals surface area contributed by atoms with Gasteiger partial charge in [-0.1, -0.05) is 0 Å². The molecule has 0 amide bonds. The van der Waals surface area contributed by atoms with Gasteiger partial charge in [-0.3, -0.25) is 0 Å². The van der Waals surface area contributed by atoms with Crippen LogP contribution in [-0.4, -0.2) is 4.98 Å². The Hall–Kier alpha value is -1.85. The van der Waals surface area contributed by atoms with E-state index in [9.17, 15) is 30.7 Å². The summed E-state index contributed by atoms with van der Waals surface area (Å²) in [6, 6.07) is 1.20. The van der Waals surface area contributed by atoms with E-state index < -0.39 is 47.1 Å². The molecule has 0 atom stereocenters. The van der Waals surface area contributed by atoms with Crippen LogP contribution in [0.5, 0.6) is 0 Å². The smallest absolute Gasteiger partial charge is 0.236 e. The summed E-state index contributed by atoms with van der Waals surface area (Å²) in [5, 5.41) is 8.28. The topological polar surface area (TPSA) is 36.7 Å². The summed E-state index contributed by atoms with van der Waals surface area (Å²) in [5.74, 6) is -8.14. The zero-order chi connectivity index (χ0) is 15.0. The second-order valence-electron chi connectivity index (χ2n) is 3.64. The Morgan fingerprint density at radius 1 is 1.05 bits per heavy atom. The van der Waals surface area contributed by atoms with Gasteiger partial charge in [-0.05, 0) is 0 Å². The number of rotatable bonds is 2. The maximum atomic E-state index is 13.5. The van der Waals surface area contributed by atoms with Crippen LogP contribution < -0.4 is 0 Å². The predicted octanol–water partition coefficient (Wildman–Crippen LogP) is 3.56. The molecule has 0 radical (unpaired) electrons. The quantitative estimate of drug-likeness (QED) is 0.779. The summed E-state index contributed by atoms with van der Waals surface area (Å²) in [7, 11) is 0. The summed E-state index contributed by atoms with van der Waals surface area (Å²) in [6.45, 7) is 0.118. The maximum absolute atomic E-state index is 13.5. The summed E-state index contributed by atoms with van der Waals surface area (Å²) in [5.41, 5.74) is -5.48. The molecule has 0 N–H and O–H groups in total. The first-order valence-electron chi connectivity index (χ1n) is 4.70. The van der Waals surface area contributed by atoms with E-state index in [0.717, 1.165) is 0 Å². The summed E-state index contributed by atoms with van der Waals surface area (Å²) in [4.78, 5) is 2.32. The molecule has 0 fully saturated rings. The van der Waals surface area contributed by atoms with Gasteiger partial charge >= 0.3 is 6.18 Å². The number of nitrogens with zero attached hydrogens (tertiary/aromatic N) is 2. The first-order chi connectivity index (χ1) is 8.50. The van der Waals surface area contributed by atoms with Gasteiger partial charge in [0.1, 0.15) is 5.69 Å². The van der Waals surface area contributed by atoms with Crippen LogP contribution in [0.4, 0.5) is 30.7 Å². The van der Waals surface area contributed by atoms with Gasteiger partial charge in [0.2, 0.25) is 0 Å². The van der Waals surface area contributed by atoms with Gasteiger partial charge in [0.25, 0.3) is 5.92 Å². The van der Waals surface area contributed by atoms with Crippen molar-refractivity contribution in [1.82, 2.24) is 4.98 Å². The number of alkyl halides is 5. The van der Waals surface area contributed by atoms with Crippen molar-refractivity contribution in [3.8, 4) is 6.07 Å². The van der Waals surface area contributed by atoms with E-state index in [2.05, 4.69) is 4.98 Å². The van der Waals surface area contributed by atoms with E-state index in [-0.39, 0.29) is 6.92 Å². The lowest BCUT2D eigenvalue weighted by Gasteiger charge is -2.16. The van der Waals surface area contributed by atoms with E-state index in [1.807, 2.05) is 0 Å². The zero-order valence-electron chi connectivity index (χ0n) is 9.25. The molecule has 9 heteroatoms. The fraction of sp³-hybridized carbons (Fsp3) is 0.400. The van der Waals surface area contributed by atoms with Crippen molar-refractivity contribution in [2.75, 3.05) is 0 Å². The lowest BCUT2D eigenvalue weighted by Crippen LogP contribution is -2.22. The molecular weight excluding hydrogens is 281 g/mol. The fourth-order valence-electron chi connectivity index (χ4n) is 1.31. The minimum atomic E-state index is -5.37. The van der Waals surface area contributed by atoms with Crippen molar-refractivity contribution in [3.05, 3.63) is 28.6 Å². The molecule has 0 saturated carbocycles. The van der Waals surface area contributed by atoms with E-state index >= 15 is 0 Å². The third-order valence-corrected chi connectivity index (χ3v) is 2.11. The lowest BCUT2D eigenvalue weighted by atomic mass is 10.1. The van der Waals surface area contributed by atoms with Crippen molar-refractivity contribution < 1.29 is 30.7 Å². The second kappa shape index (κ2) is 4.68. The zero-order valence-corrected chi connectivity index (χ0v) is 9.25. The number of hydrogen-bond donors (Lipinski definition) is 0. The highest BCUT2D eigenvalue weighted by Gasteiger charge is 2.42. The second-order valence-corrected chi connectivity index (χ2v) is 3.64. The Labute approximate surface area is 102 Å². The highest BCUT2D eigenvalue weighted by atomic mass is 19.4. The van der Waals surface area contributed by atoms with Crippen molar-refractivity contribution in [2.45, 2.75) is 25.4 Å². The Morgan fingerprint density at radius 3 is 1.89 bits per heavy atom. The Balaban J connectivity index is 3.71. The molecule has 1 heterocycles. The molecule has 0 aliphatic heterocycles. The first kappa shape index (κ1) is 15.2. The van der Waals surface area contributed by atoms with E-state index in [0.29, 0.717) is 0 Å². The average molecular weight is 286 g/mol. The molecular formula is C10H5F7N2. The Kier molecular flexibility index (Phi) is 3.74. The summed E-state index contributed by atoms with van der Waals surface area (Å²) in [6.07, 6.45) is -6.49. The Morgan fingerprint density at radius 2 is 1.53 bits per heavy atom. The van der Waals surface area contributed by atoms with Crippen molar-refractivity contribution in [1.29, 1.82) is 5.26 Å². The van der Waals surface area contributed by atoms with Crippen LogP contribution in [0.15, 0.2) is 0 Å². The molecule has 0 unspecified atom stereocenters. The molecule has 0 bridgehead atoms. The monoisotopic (exact) mass is 286 g/mol. The third kappa shape index (κ3) is 2.94. The molecule has 1 aromatic rings. The minimum absolute atomic E-state index is 0.118. The van der Waals surface area contributed by atoms with Gasteiger partial charge in [-0.15, -0.1) is 0 Å². The first-order valence-corrected chi connectivity index (χ1v) is 4.70. The van der Waals surface area contributed by atoms with Crippen molar-refractivity contribution in [3.63, 3.8) is 0 Å². The number of aromatic nitrogens is 1. The lowest BCUT2D eigenvalue weighted by molar-refractivity contribution is -0.144. The van der Waals surface area contributed by atoms with Crippen molar-refractivity contribution in [2.24, 2.45) is 0 Å². The van der Waals surface area contributed by atoms with E-state index in [1.165, 1.54) is 6.07 Å². The number of hydrogen-bond acceptors (Lipinski definition) is 2. The number of pyridine rings is 1. The fourth-order valence-corrected chi connectivity index (χ4v) is 1.31. The van der Waals surface area contributed by atoms with Gasteiger partial charge < -0.3 is 0 Å². The molecule has 19 heavy (non-hydrogen) atoms. The molecule has 0 spiro atoms. The highest BCUT2D eigenvalue weighted by Crippen LogP contribution is 2.36. The van der Waals surface area contributed by atoms with Crippen LogP contribution in [0.1, 0.15) is 23.9 Å². The normalized spacial score (nSPS) is 12.4. The number of nitriles is 1. The van der Waals surface area contributed by atoms with Crippen LogP contribution in [0.25, 0.3) is 0 Å². The molecule has 0 aromatic carbocycles. The largest absolute Gasteiger partial charge is 0.436 e. The average Bonchev–Trinajstić information content (AvgIpc) is 2.20.